The van der Waals surface area contributed by atoms with Crippen LogP contribution in [0.3, 0.4) is 0 Å². The monoisotopic (exact) mass is 325 g/mol. The van der Waals surface area contributed by atoms with Crippen molar-refractivity contribution in [2.75, 3.05) is 13.2 Å². The molecular formula is C11H16ClNO4S2. The van der Waals surface area contributed by atoms with E-state index < -0.39 is 9.05 Å². The molecule has 108 valence electrons. The van der Waals surface area contributed by atoms with Crippen molar-refractivity contribution in [2.45, 2.75) is 31.1 Å². The number of halogens is 1. The molecule has 5 nitrogen and oxygen atoms in total. The van der Waals surface area contributed by atoms with Gasteiger partial charge in [-0.3, -0.25) is 4.79 Å². The molecule has 1 atom stereocenters. The van der Waals surface area contributed by atoms with E-state index >= 15 is 0 Å². The van der Waals surface area contributed by atoms with Gasteiger partial charge in [-0.15, -0.1) is 11.3 Å². The van der Waals surface area contributed by atoms with E-state index in [4.69, 9.17) is 15.4 Å². The highest BCUT2D eigenvalue weighted by Crippen LogP contribution is 2.29. The van der Waals surface area contributed by atoms with Crippen molar-refractivity contribution in [2.24, 2.45) is 0 Å². The Bertz CT molecular complexity index is 553. The summed E-state index contributed by atoms with van der Waals surface area (Å²) in [5.74, 6) is -0.327. The van der Waals surface area contributed by atoms with Gasteiger partial charge in [-0.05, 0) is 26.3 Å². The maximum Gasteiger partial charge on any atom is 0.271 e. The Morgan fingerprint density at radius 3 is 2.68 bits per heavy atom. The minimum absolute atomic E-state index is 0.0113. The van der Waals surface area contributed by atoms with Gasteiger partial charge < -0.3 is 10.1 Å². The summed E-state index contributed by atoms with van der Waals surface area (Å²) in [4.78, 5) is 11.9. The number of hydrogen-bond acceptors (Lipinski definition) is 5. The summed E-state index contributed by atoms with van der Waals surface area (Å²) in [5, 5.41) is 4.19. The number of thiophene rings is 1. The smallest absolute Gasteiger partial charge is 0.271 e. The molecule has 0 radical (unpaired) electrons. The van der Waals surface area contributed by atoms with Gasteiger partial charge in [0.1, 0.15) is 4.21 Å². The first-order valence-corrected chi connectivity index (χ1v) is 8.88. The first-order chi connectivity index (χ1) is 8.77. The summed E-state index contributed by atoms with van der Waals surface area (Å²) < 4.78 is 27.8. The van der Waals surface area contributed by atoms with Crippen molar-refractivity contribution in [1.29, 1.82) is 0 Å². The molecule has 1 heterocycles. The maximum absolute atomic E-state index is 11.9. The van der Waals surface area contributed by atoms with Gasteiger partial charge in [0, 0.05) is 29.2 Å². The number of carbonyl (C=O) groups excluding carboxylic acids is 1. The van der Waals surface area contributed by atoms with E-state index in [1.54, 1.807) is 6.92 Å². The fourth-order valence-electron chi connectivity index (χ4n) is 1.54. The van der Waals surface area contributed by atoms with E-state index in [0.29, 0.717) is 24.3 Å². The SMILES string of the molecule is CCOC(C)CNC(=O)c1csc(S(=O)(=O)Cl)c1C. The molecule has 0 bridgehead atoms. The van der Waals surface area contributed by atoms with Crippen LogP contribution < -0.4 is 5.32 Å². The fourth-order valence-corrected chi connectivity index (χ4v) is 4.09. The lowest BCUT2D eigenvalue weighted by molar-refractivity contribution is 0.0695. The lowest BCUT2D eigenvalue weighted by Crippen LogP contribution is -2.32. The van der Waals surface area contributed by atoms with E-state index in [0.717, 1.165) is 11.3 Å². The minimum Gasteiger partial charge on any atom is -0.377 e. The highest BCUT2D eigenvalue weighted by atomic mass is 35.7. The van der Waals surface area contributed by atoms with Crippen molar-refractivity contribution >= 4 is 37.0 Å². The van der Waals surface area contributed by atoms with Crippen LogP contribution in [0.2, 0.25) is 0 Å². The quantitative estimate of drug-likeness (QED) is 0.813. The summed E-state index contributed by atoms with van der Waals surface area (Å²) in [6.45, 7) is 6.22. The maximum atomic E-state index is 11.9. The second-order valence-corrected chi connectivity index (χ2v) is 7.62. The van der Waals surface area contributed by atoms with Gasteiger partial charge >= 0.3 is 0 Å². The van der Waals surface area contributed by atoms with E-state index in [1.807, 2.05) is 13.8 Å². The normalized spacial score (nSPS) is 13.3. The lowest BCUT2D eigenvalue weighted by Gasteiger charge is -2.12. The molecule has 0 aliphatic carbocycles. The molecule has 0 spiro atoms. The summed E-state index contributed by atoms with van der Waals surface area (Å²) in [6, 6.07) is 0. The molecule has 1 aromatic heterocycles. The Balaban J connectivity index is 2.77. The standard InChI is InChI=1S/C11H16ClNO4S2/c1-4-17-7(2)5-13-10(14)9-6-18-11(8(9)3)19(12,15)16/h6-7H,4-5H2,1-3H3,(H,13,14). The molecule has 0 aliphatic heterocycles. The van der Waals surface area contributed by atoms with E-state index in [2.05, 4.69) is 5.32 Å². The van der Waals surface area contributed by atoms with E-state index in [1.165, 1.54) is 5.38 Å². The Kier molecular flexibility index (Phi) is 5.79. The zero-order chi connectivity index (χ0) is 14.6. The van der Waals surface area contributed by atoms with E-state index in [9.17, 15) is 13.2 Å². The largest absolute Gasteiger partial charge is 0.377 e. The Hall–Kier alpha value is -0.630. The average molecular weight is 326 g/mol. The molecular weight excluding hydrogens is 310 g/mol. The second-order valence-electron chi connectivity index (χ2n) is 3.98. The van der Waals surface area contributed by atoms with Crippen LogP contribution in [0.1, 0.15) is 29.8 Å². The molecule has 1 N–H and O–H groups in total. The third-order valence-corrected chi connectivity index (χ3v) is 5.77. The molecule has 0 saturated heterocycles. The van der Waals surface area contributed by atoms with Crippen LogP contribution in [0.4, 0.5) is 0 Å². The molecule has 0 fully saturated rings. The highest BCUT2D eigenvalue weighted by Gasteiger charge is 2.22. The summed E-state index contributed by atoms with van der Waals surface area (Å²) in [5.41, 5.74) is 0.703. The van der Waals surface area contributed by atoms with Gasteiger partial charge in [-0.2, -0.15) is 0 Å². The van der Waals surface area contributed by atoms with Crippen LogP contribution in [0, 0.1) is 6.92 Å². The molecule has 8 heteroatoms. The zero-order valence-corrected chi connectivity index (χ0v) is 13.3. The first kappa shape index (κ1) is 16.4. The Morgan fingerprint density at radius 2 is 2.21 bits per heavy atom. The summed E-state index contributed by atoms with van der Waals surface area (Å²) >= 11 is 0.944. The number of amides is 1. The molecule has 0 aromatic carbocycles. The van der Waals surface area contributed by atoms with Gasteiger partial charge in [0.05, 0.1) is 11.7 Å². The van der Waals surface area contributed by atoms with Crippen molar-refractivity contribution < 1.29 is 17.9 Å². The predicted octanol–water partition coefficient (Wildman–Crippen LogP) is 2.14. The Labute approximate surface area is 121 Å². The van der Waals surface area contributed by atoms with Crippen LogP contribution in [0.25, 0.3) is 0 Å². The van der Waals surface area contributed by atoms with Gasteiger partial charge in [0.15, 0.2) is 0 Å². The van der Waals surface area contributed by atoms with Crippen LogP contribution in [0.15, 0.2) is 9.59 Å². The minimum atomic E-state index is -3.80. The molecule has 1 rings (SSSR count). The highest BCUT2D eigenvalue weighted by molar-refractivity contribution is 8.15. The number of rotatable bonds is 6. The molecule has 1 amide bonds. The number of carbonyl (C=O) groups is 1. The van der Waals surface area contributed by atoms with Gasteiger partial charge in [-0.1, -0.05) is 0 Å². The average Bonchev–Trinajstić information content (AvgIpc) is 2.68. The zero-order valence-electron chi connectivity index (χ0n) is 10.9. The number of hydrogen-bond donors (Lipinski definition) is 1. The van der Waals surface area contributed by atoms with Gasteiger partial charge in [0.25, 0.3) is 15.0 Å². The third-order valence-electron chi connectivity index (χ3n) is 2.46. The van der Waals surface area contributed by atoms with Crippen molar-refractivity contribution in [3.8, 4) is 0 Å². The van der Waals surface area contributed by atoms with Gasteiger partial charge in [0.2, 0.25) is 0 Å². The fraction of sp³-hybridized carbons (Fsp3) is 0.545. The number of ether oxygens (including phenoxy) is 1. The van der Waals surface area contributed by atoms with Crippen LogP contribution in [-0.2, 0) is 13.8 Å². The summed E-state index contributed by atoms with van der Waals surface area (Å²) in [7, 11) is 1.48. The van der Waals surface area contributed by atoms with Gasteiger partial charge in [-0.25, -0.2) is 8.42 Å². The van der Waals surface area contributed by atoms with Crippen LogP contribution in [-0.4, -0.2) is 33.6 Å². The van der Waals surface area contributed by atoms with Crippen molar-refractivity contribution in [1.82, 2.24) is 5.32 Å². The molecule has 1 unspecified atom stereocenters. The summed E-state index contributed by atoms with van der Waals surface area (Å²) in [6.07, 6.45) is -0.0934. The molecule has 19 heavy (non-hydrogen) atoms. The second kappa shape index (κ2) is 6.69. The topological polar surface area (TPSA) is 72.5 Å². The number of nitrogens with one attached hydrogen (secondary N) is 1. The molecule has 0 saturated carbocycles. The Morgan fingerprint density at radius 1 is 1.58 bits per heavy atom. The molecule has 0 aliphatic rings. The van der Waals surface area contributed by atoms with E-state index in [-0.39, 0.29) is 16.2 Å². The lowest BCUT2D eigenvalue weighted by atomic mass is 10.2. The van der Waals surface area contributed by atoms with Crippen molar-refractivity contribution in [3.05, 3.63) is 16.5 Å². The van der Waals surface area contributed by atoms with Crippen LogP contribution in [0.5, 0.6) is 0 Å². The molecule has 1 aromatic rings. The third kappa shape index (κ3) is 4.45. The van der Waals surface area contributed by atoms with Crippen molar-refractivity contribution in [3.63, 3.8) is 0 Å². The first-order valence-electron chi connectivity index (χ1n) is 5.70. The predicted molar refractivity (Wildman–Crippen MR) is 75.5 cm³/mol. The van der Waals surface area contributed by atoms with Crippen LogP contribution >= 0.6 is 22.0 Å².